The van der Waals surface area contributed by atoms with E-state index in [4.69, 9.17) is 16.6 Å². The zero-order valence-electron chi connectivity index (χ0n) is 16.8. The lowest BCUT2D eigenvalue weighted by atomic mass is 9.88. The Hall–Kier alpha value is -1.53. The van der Waals surface area contributed by atoms with E-state index in [-0.39, 0.29) is 29.9 Å². The number of aromatic nitrogens is 2. The first-order valence-corrected chi connectivity index (χ1v) is 10.2. The summed E-state index contributed by atoms with van der Waals surface area (Å²) in [7, 11) is 0. The van der Waals surface area contributed by atoms with Crippen LogP contribution in [-0.4, -0.2) is 38.9 Å². The first-order valence-electron chi connectivity index (χ1n) is 9.87. The standard InChI is InChI=1S/C22H30ClN3O2/c1-22(2,3)21-24-9-8-16(26-21)10-17-18(13-27)20(28)11-19(17)25-12-14-4-6-15(23)7-5-14/h4-9,17-20,25,27-28H,10-13H2,1-3H3. The van der Waals surface area contributed by atoms with Gasteiger partial charge in [-0.2, -0.15) is 0 Å². The third-order valence-electron chi connectivity index (χ3n) is 5.58. The van der Waals surface area contributed by atoms with E-state index in [1.165, 1.54) is 0 Å². The number of aliphatic hydroxyl groups is 2. The Morgan fingerprint density at radius 1 is 1.14 bits per heavy atom. The van der Waals surface area contributed by atoms with Crippen LogP contribution < -0.4 is 5.32 Å². The molecule has 1 aliphatic rings. The van der Waals surface area contributed by atoms with Gasteiger partial charge < -0.3 is 15.5 Å². The van der Waals surface area contributed by atoms with E-state index in [0.717, 1.165) is 22.1 Å². The second-order valence-corrected chi connectivity index (χ2v) is 9.19. The minimum atomic E-state index is -0.512. The lowest BCUT2D eigenvalue weighted by Gasteiger charge is -2.25. The van der Waals surface area contributed by atoms with Crippen LogP contribution in [0.1, 0.15) is 44.3 Å². The third-order valence-corrected chi connectivity index (χ3v) is 5.83. The van der Waals surface area contributed by atoms with Crippen LogP contribution in [-0.2, 0) is 18.4 Å². The molecule has 1 aromatic carbocycles. The molecule has 3 rings (SSSR count). The molecule has 6 heteroatoms. The van der Waals surface area contributed by atoms with Gasteiger partial charge in [-0.1, -0.05) is 44.5 Å². The number of benzene rings is 1. The van der Waals surface area contributed by atoms with Crippen molar-refractivity contribution in [2.75, 3.05) is 6.61 Å². The maximum atomic E-state index is 10.5. The first kappa shape index (κ1) is 21.2. The van der Waals surface area contributed by atoms with Crippen LogP contribution in [0, 0.1) is 11.8 Å². The molecule has 1 aromatic heterocycles. The summed E-state index contributed by atoms with van der Waals surface area (Å²) in [5.74, 6) is 0.764. The zero-order chi connectivity index (χ0) is 20.3. The summed E-state index contributed by atoms with van der Waals surface area (Å²) in [6.45, 7) is 6.96. The number of nitrogens with zero attached hydrogens (tertiary/aromatic N) is 2. The molecule has 0 saturated heterocycles. The predicted molar refractivity (Wildman–Crippen MR) is 111 cm³/mol. The number of rotatable bonds is 6. The Kier molecular flexibility index (Phi) is 6.71. The van der Waals surface area contributed by atoms with E-state index in [2.05, 4.69) is 31.1 Å². The van der Waals surface area contributed by atoms with Crippen molar-refractivity contribution in [2.45, 2.75) is 57.7 Å². The Balaban J connectivity index is 1.74. The topological polar surface area (TPSA) is 78.3 Å². The molecule has 1 heterocycles. The quantitative estimate of drug-likeness (QED) is 0.690. The molecule has 4 atom stereocenters. The van der Waals surface area contributed by atoms with Gasteiger partial charge in [0.05, 0.1) is 6.10 Å². The summed E-state index contributed by atoms with van der Waals surface area (Å²) in [4.78, 5) is 9.15. The molecule has 28 heavy (non-hydrogen) atoms. The van der Waals surface area contributed by atoms with E-state index in [0.29, 0.717) is 19.4 Å². The van der Waals surface area contributed by atoms with Crippen molar-refractivity contribution in [3.63, 3.8) is 0 Å². The average Bonchev–Trinajstić information content (AvgIpc) is 2.95. The fourth-order valence-electron chi connectivity index (χ4n) is 3.94. The Labute approximate surface area is 172 Å². The maximum absolute atomic E-state index is 10.5. The normalized spacial score (nSPS) is 25.2. The molecule has 0 bridgehead atoms. The predicted octanol–water partition coefficient (Wildman–Crippen LogP) is 3.12. The van der Waals surface area contributed by atoms with Crippen LogP contribution in [0.15, 0.2) is 36.5 Å². The maximum Gasteiger partial charge on any atom is 0.133 e. The van der Waals surface area contributed by atoms with Crippen molar-refractivity contribution in [2.24, 2.45) is 11.8 Å². The van der Waals surface area contributed by atoms with Crippen molar-refractivity contribution in [1.29, 1.82) is 0 Å². The molecule has 5 nitrogen and oxygen atoms in total. The second kappa shape index (κ2) is 8.87. The summed E-state index contributed by atoms with van der Waals surface area (Å²) in [5.41, 5.74) is 1.98. The van der Waals surface area contributed by atoms with Gasteiger partial charge in [0, 0.05) is 47.4 Å². The number of hydrogen-bond acceptors (Lipinski definition) is 5. The zero-order valence-corrected chi connectivity index (χ0v) is 17.5. The van der Waals surface area contributed by atoms with Crippen LogP contribution in [0.5, 0.6) is 0 Å². The molecule has 2 aromatic rings. The molecule has 0 radical (unpaired) electrons. The van der Waals surface area contributed by atoms with Crippen LogP contribution in [0.25, 0.3) is 0 Å². The molecule has 0 aliphatic heterocycles. The van der Waals surface area contributed by atoms with E-state index in [1.54, 1.807) is 6.20 Å². The van der Waals surface area contributed by atoms with Gasteiger partial charge in [-0.05, 0) is 42.5 Å². The van der Waals surface area contributed by atoms with Crippen molar-refractivity contribution < 1.29 is 10.2 Å². The minimum Gasteiger partial charge on any atom is -0.396 e. The molecule has 1 aliphatic carbocycles. The molecular weight excluding hydrogens is 374 g/mol. The highest BCUT2D eigenvalue weighted by Gasteiger charge is 2.42. The molecule has 3 N–H and O–H groups in total. The fraction of sp³-hybridized carbons (Fsp3) is 0.545. The van der Waals surface area contributed by atoms with Gasteiger partial charge in [-0.25, -0.2) is 9.97 Å². The Bertz CT molecular complexity index is 776. The van der Waals surface area contributed by atoms with Crippen molar-refractivity contribution in [3.8, 4) is 0 Å². The van der Waals surface area contributed by atoms with Crippen LogP contribution in [0.4, 0.5) is 0 Å². The van der Waals surface area contributed by atoms with Crippen LogP contribution in [0.2, 0.25) is 5.02 Å². The largest absolute Gasteiger partial charge is 0.396 e. The first-order chi connectivity index (χ1) is 13.3. The summed E-state index contributed by atoms with van der Waals surface area (Å²) < 4.78 is 0. The summed E-state index contributed by atoms with van der Waals surface area (Å²) in [6.07, 6.45) is 2.62. The lowest BCUT2D eigenvalue weighted by molar-refractivity contribution is 0.0715. The van der Waals surface area contributed by atoms with Gasteiger partial charge in [0.1, 0.15) is 5.82 Å². The van der Waals surface area contributed by atoms with Gasteiger partial charge in [0.2, 0.25) is 0 Å². The SMILES string of the molecule is CC(C)(C)c1nccc(CC2C(NCc3ccc(Cl)cc3)CC(O)C2CO)n1. The number of nitrogens with one attached hydrogen (secondary N) is 1. The lowest BCUT2D eigenvalue weighted by Crippen LogP contribution is -2.36. The second-order valence-electron chi connectivity index (χ2n) is 8.75. The Morgan fingerprint density at radius 2 is 1.86 bits per heavy atom. The van der Waals surface area contributed by atoms with E-state index in [1.807, 2.05) is 30.3 Å². The highest BCUT2D eigenvalue weighted by atomic mass is 35.5. The number of aliphatic hydroxyl groups excluding tert-OH is 2. The fourth-order valence-corrected chi connectivity index (χ4v) is 4.07. The number of halogens is 1. The van der Waals surface area contributed by atoms with E-state index in [9.17, 15) is 10.2 Å². The smallest absolute Gasteiger partial charge is 0.133 e. The average molecular weight is 404 g/mol. The van der Waals surface area contributed by atoms with Crippen molar-refractivity contribution in [3.05, 3.63) is 58.6 Å². The van der Waals surface area contributed by atoms with Gasteiger partial charge in [0.25, 0.3) is 0 Å². The molecular formula is C22H30ClN3O2. The van der Waals surface area contributed by atoms with Crippen molar-refractivity contribution in [1.82, 2.24) is 15.3 Å². The highest BCUT2D eigenvalue weighted by molar-refractivity contribution is 6.30. The number of hydrogen-bond donors (Lipinski definition) is 3. The molecule has 152 valence electrons. The van der Waals surface area contributed by atoms with Gasteiger partial charge in [-0.15, -0.1) is 0 Å². The monoisotopic (exact) mass is 403 g/mol. The van der Waals surface area contributed by atoms with Crippen LogP contribution in [0.3, 0.4) is 0 Å². The highest BCUT2D eigenvalue weighted by Crippen LogP contribution is 2.35. The van der Waals surface area contributed by atoms with Gasteiger partial charge in [-0.3, -0.25) is 0 Å². The molecule has 4 unspecified atom stereocenters. The summed E-state index contributed by atoms with van der Waals surface area (Å²) in [6, 6.07) is 9.80. The molecule has 0 amide bonds. The van der Waals surface area contributed by atoms with Gasteiger partial charge in [0.15, 0.2) is 0 Å². The van der Waals surface area contributed by atoms with E-state index >= 15 is 0 Å². The Morgan fingerprint density at radius 3 is 2.50 bits per heavy atom. The van der Waals surface area contributed by atoms with Gasteiger partial charge >= 0.3 is 0 Å². The minimum absolute atomic E-state index is 0.0256. The molecule has 1 saturated carbocycles. The van der Waals surface area contributed by atoms with Crippen molar-refractivity contribution >= 4 is 11.6 Å². The summed E-state index contributed by atoms with van der Waals surface area (Å²) >= 11 is 5.96. The van der Waals surface area contributed by atoms with E-state index < -0.39 is 6.10 Å². The summed E-state index contributed by atoms with van der Waals surface area (Å²) in [5, 5.41) is 24.6. The molecule has 0 spiro atoms. The molecule has 1 fully saturated rings. The van der Waals surface area contributed by atoms with Crippen LogP contribution >= 0.6 is 11.6 Å². The third kappa shape index (κ3) is 5.09.